The van der Waals surface area contributed by atoms with E-state index in [1.165, 1.54) is 6.41 Å². The first-order chi connectivity index (χ1) is 5.83. The number of rotatable bonds is 3. The normalized spacial score (nSPS) is 8.86. The van der Waals surface area contributed by atoms with Gasteiger partial charge in [-0.2, -0.15) is 6.41 Å². The maximum Gasteiger partial charge on any atom is 0.320 e. The predicted molar refractivity (Wildman–Crippen MR) is 48.1 cm³/mol. The molecule has 0 fully saturated rings. The second-order valence-electron chi connectivity index (χ2n) is 3.17. The van der Waals surface area contributed by atoms with Crippen molar-refractivity contribution in [2.45, 2.75) is 26.4 Å². The van der Waals surface area contributed by atoms with E-state index in [0.29, 0.717) is 0 Å². The summed E-state index contributed by atoms with van der Waals surface area (Å²) in [6.45, 7) is 5.70. The molecule has 90 valence electrons. The van der Waals surface area contributed by atoms with Crippen LogP contribution < -0.4 is 5.32 Å². The van der Waals surface area contributed by atoms with Crippen LogP contribution in [0.3, 0.4) is 0 Å². The van der Waals surface area contributed by atoms with Crippen LogP contribution in [0.2, 0.25) is 0 Å². The fourth-order valence-electron chi connectivity index (χ4n) is 0.112. The zero-order chi connectivity index (χ0) is 10.9. The SMILES string of the molecule is COC(C)(C)C.O=[C-]NCC(=O)O.[Fm]. The predicted octanol–water partition coefficient (Wildman–Crippen LogP) is 0.159. The summed E-state index contributed by atoms with van der Waals surface area (Å²) < 4.78 is 4.94. The van der Waals surface area contributed by atoms with Crippen LogP contribution in [0.1, 0.15) is 20.8 Å². The number of aliphatic carboxylic acids is 1. The van der Waals surface area contributed by atoms with Crippen LogP contribution in [0.15, 0.2) is 0 Å². The van der Waals surface area contributed by atoms with Crippen LogP contribution in [0.4, 0.5) is 0 Å². The van der Waals surface area contributed by atoms with Gasteiger partial charge in [0, 0.05) is 7.11 Å². The molecule has 0 unspecified atom stereocenters. The van der Waals surface area contributed by atoms with E-state index in [9.17, 15) is 9.59 Å². The van der Waals surface area contributed by atoms with Gasteiger partial charge < -0.3 is 20.0 Å². The summed E-state index contributed by atoms with van der Waals surface area (Å²) in [6.07, 6.45) is 1.22. The number of amides is 1. The largest absolute Gasteiger partial charge is 0.521 e. The average molecular weight is 447 g/mol. The van der Waals surface area contributed by atoms with Gasteiger partial charge in [-0.15, -0.1) is 0 Å². The number of hydrogen-bond acceptors (Lipinski definition) is 3. The Morgan fingerprint density at radius 1 is 1.50 bits per heavy atom. The Kier molecular flexibility index (Phi) is 11.5. The van der Waals surface area contributed by atoms with Crippen molar-refractivity contribution in [3.05, 3.63) is 0 Å². The fraction of sp³-hybridized carbons (Fsp3) is 0.750. The van der Waals surface area contributed by atoms with Gasteiger partial charge in [-0.1, -0.05) is 0 Å². The molecule has 0 saturated carbocycles. The van der Waals surface area contributed by atoms with Crippen molar-refractivity contribution < 1.29 is 19.4 Å². The van der Waals surface area contributed by atoms with Crippen molar-refractivity contribution in [2.75, 3.05) is 13.7 Å². The van der Waals surface area contributed by atoms with Crippen LogP contribution >= 0.6 is 0 Å². The number of carbonyl (C=O) groups is 1. The van der Waals surface area contributed by atoms with E-state index in [0.717, 1.165) is 0 Å². The number of methoxy groups -OCH3 is 1. The Bertz CT molecular complexity index is 156. The smallest absolute Gasteiger partial charge is 0.320 e. The summed E-state index contributed by atoms with van der Waals surface area (Å²) in [5.74, 6) is -1.07. The summed E-state index contributed by atoms with van der Waals surface area (Å²) >= 11 is 0. The first-order valence-corrected chi connectivity index (χ1v) is 3.70. The number of carboxylic acid groups (broad SMARTS) is 1. The van der Waals surface area contributed by atoms with Crippen molar-refractivity contribution in [2.24, 2.45) is 0 Å². The molecule has 5 nitrogen and oxygen atoms in total. The van der Waals surface area contributed by atoms with Gasteiger partial charge in [-0.3, -0.25) is 4.79 Å². The summed E-state index contributed by atoms with van der Waals surface area (Å²) in [5, 5.41) is 9.65. The second kappa shape index (κ2) is 8.99. The second-order valence-corrected chi connectivity index (χ2v) is 3.17. The molecule has 0 aliphatic carbocycles. The summed E-state index contributed by atoms with van der Waals surface area (Å²) in [4.78, 5) is 18.7. The van der Waals surface area contributed by atoms with E-state index < -0.39 is 5.97 Å². The number of carbonyl (C=O) groups excluding carboxylic acids is 1. The van der Waals surface area contributed by atoms with Crippen LogP contribution in [0.25, 0.3) is 0 Å². The molecule has 0 rings (SSSR count). The van der Waals surface area contributed by atoms with Crippen molar-refractivity contribution in [1.29, 1.82) is 0 Å². The molecule has 1 amide bonds. The number of hydrogen-bond donors (Lipinski definition) is 2. The van der Waals surface area contributed by atoms with E-state index in [1.807, 2.05) is 26.1 Å². The molecule has 2 N–H and O–H groups in total. The number of ether oxygens (including phenoxy) is 1. The zero-order valence-electron chi connectivity index (χ0n) is 8.67. The molecule has 0 radical (unpaired) electrons. The molecule has 0 aliphatic rings. The van der Waals surface area contributed by atoms with Crippen LogP contribution in [0, 0.1) is 0 Å². The van der Waals surface area contributed by atoms with Crippen LogP contribution in [-0.4, -0.2) is 36.7 Å². The summed E-state index contributed by atoms with van der Waals surface area (Å²) in [7, 11) is 1.71. The zero-order valence-corrected chi connectivity index (χ0v) is 11.1. The number of nitrogens with one attached hydrogen (secondary N) is 1. The van der Waals surface area contributed by atoms with E-state index in [1.54, 1.807) is 7.11 Å². The molecule has 0 atom stereocenters. The molecule has 0 aromatic rings. The summed E-state index contributed by atoms with van der Waals surface area (Å²) in [5.41, 5.74) is 0.0417. The monoisotopic (exact) mass is 447 g/mol. The molecule has 0 bridgehead atoms. The van der Waals surface area contributed by atoms with Crippen molar-refractivity contribution in [1.82, 2.24) is 5.32 Å². The Balaban J connectivity index is -0.000000163. The van der Waals surface area contributed by atoms with E-state index in [2.05, 4.69) is 0 Å². The van der Waals surface area contributed by atoms with Gasteiger partial charge in [0.15, 0.2) is 0 Å². The van der Waals surface area contributed by atoms with Crippen LogP contribution in [0.5, 0.6) is 0 Å². The molecule has 0 aliphatic heterocycles. The van der Waals surface area contributed by atoms with E-state index in [4.69, 9.17) is 9.84 Å². The molecule has 6 heteroatoms. The first kappa shape index (κ1) is 17.8. The van der Waals surface area contributed by atoms with E-state index in [-0.39, 0.29) is 12.1 Å². The maximum absolute atomic E-state index is 9.52. The van der Waals surface area contributed by atoms with Crippen molar-refractivity contribution >= 4 is 12.4 Å². The third kappa shape index (κ3) is 32.7. The van der Waals surface area contributed by atoms with Gasteiger partial charge in [0.05, 0.1) is 12.1 Å². The van der Waals surface area contributed by atoms with Gasteiger partial charge in [-0.05, 0) is 20.8 Å². The Labute approximate surface area is 78.1 Å². The van der Waals surface area contributed by atoms with Gasteiger partial charge >= 0.3 is 5.97 Å². The van der Waals surface area contributed by atoms with Gasteiger partial charge in [0.25, 0.3) is 0 Å². The third-order valence-electron chi connectivity index (χ3n) is 0.924. The Morgan fingerprint density at radius 3 is 1.93 bits per heavy atom. The molecule has 0 heterocycles. The number of carboxylic acids is 1. The minimum absolute atomic E-state index is 0. The van der Waals surface area contributed by atoms with Crippen LogP contribution in [-0.2, 0) is 14.3 Å². The van der Waals surface area contributed by atoms with E-state index >= 15 is 0 Å². The average Bonchev–Trinajstić information content (AvgIpc) is 2.01. The Morgan fingerprint density at radius 2 is 1.86 bits per heavy atom. The van der Waals surface area contributed by atoms with Gasteiger partial charge in [0.2, 0.25) is 0 Å². The maximum atomic E-state index is 9.52. The third-order valence-corrected chi connectivity index (χ3v) is 0.924. The molecule has 14 heavy (non-hydrogen) atoms. The van der Waals surface area contributed by atoms with Gasteiger partial charge in [-0.25, -0.2) is 0 Å². The minimum atomic E-state index is -1.07. The fourth-order valence-corrected chi connectivity index (χ4v) is 0.112. The molecule has 0 aromatic heterocycles. The van der Waals surface area contributed by atoms with Crippen molar-refractivity contribution in [3.8, 4) is 0 Å². The Hall–Kier alpha value is -2.10. The summed E-state index contributed by atoms with van der Waals surface area (Å²) in [6, 6.07) is 0. The first-order valence-electron chi connectivity index (χ1n) is 3.70. The molecular weight excluding hydrogens is 431 g/mol. The molecular formula is C8H16FmNO4-. The molecule has 0 spiro atoms. The molecule has 0 aromatic carbocycles. The quantitative estimate of drug-likeness (QED) is 0.478. The van der Waals surface area contributed by atoms with Crippen molar-refractivity contribution in [3.63, 3.8) is 0 Å². The standard InChI is InChI=1S/C5H12O.C3H4NO3.Fm/c1-5(2,3)6-4;5-2-4-1-3(6)7;/h1-4H3;1H2,(H,4,5)(H,6,7);/q;-1;. The topological polar surface area (TPSA) is 75.6 Å². The minimum Gasteiger partial charge on any atom is -0.521 e. The van der Waals surface area contributed by atoms with Gasteiger partial charge in [0.1, 0.15) is 0 Å². The molecule has 0 saturated heterocycles.